The number of aromatic nitrogens is 1. The van der Waals surface area contributed by atoms with Gasteiger partial charge in [0.15, 0.2) is 19.5 Å². The zero-order valence-electron chi connectivity index (χ0n) is 32.9. The Labute approximate surface area is 316 Å². The van der Waals surface area contributed by atoms with Crippen LogP contribution >= 0.6 is 0 Å². The van der Waals surface area contributed by atoms with Crippen molar-refractivity contribution in [3.63, 3.8) is 0 Å². The number of carbonyl (C=O) groups is 5. The minimum atomic E-state index is -1.35. The lowest BCUT2D eigenvalue weighted by atomic mass is 9.84. The van der Waals surface area contributed by atoms with Crippen LogP contribution in [-0.4, -0.2) is 85.7 Å². The van der Waals surface area contributed by atoms with Crippen molar-refractivity contribution >= 4 is 65.1 Å². The number of nitrogens with two attached hydrogens (primary N) is 2. The molecule has 1 aromatic carbocycles. The van der Waals surface area contributed by atoms with Crippen LogP contribution in [-0.2, 0) is 30.4 Å². The number of amides is 3. The minimum absolute atomic E-state index is 0.138. The lowest BCUT2D eigenvalue weighted by Gasteiger charge is -2.33. The summed E-state index contributed by atoms with van der Waals surface area (Å²) in [5.74, 6) is -1.86. The van der Waals surface area contributed by atoms with Crippen LogP contribution in [0.3, 0.4) is 0 Å². The Morgan fingerprint density at radius 1 is 1.04 bits per heavy atom. The first-order valence-corrected chi connectivity index (χ1v) is 18.8. The van der Waals surface area contributed by atoms with Gasteiger partial charge in [-0.05, 0) is 81.7 Å². The van der Waals surface area contributed by atoms with Gasteiger partial charge in [0, 0.05) is 41.7 Å². The fourth-order valence-electron chi connectivity index (χ4n) is 6.24. The predicted molar refractivity (Wildman–Crippen MR) is 214 cm³/mol. The highest BCUT2D eigenvalue weighted by atomic mass is 16.3. The van der Waals surface area contributed by atoms with Crippen LogP contribution in [0, 0.1) is 0 Å². The Bertz CT molecular complexity index is 1640. The Hall–Kier alpha value is -4.40. The summed E-state index contributed by atoms with van der Waals surface area (Å²) < 4.78 is 0. The number of allylic oxidation sites excluding steroid dienone is 2. The van der Waals surface area contributed by atoms with Crippen LogP contribution in [0.2, 0.25) is 0 Å². The molecule has 2 atom stereocenters. The third-order valence-corrected chi connectivity index (χ3v) is 8.76. The average Bonchev–Trinajstić information content (AvgIpc) is 3.19. The fraction of sp³-hybridized carbons (Fsp3) is 0.538. The molecule has 2 heterocycles. The number of benzene rings is 1. The monoisotopic (exact) mass is 733 g/mol. The fourth-order valence-corrected chi connectivity index (χ4v) is 6.24. The third kappa shape index (κ3) is 12.6. The maximum atomic E-state index is 13.0. The SMILES string of the molecule is CC.CC.CC/C(=C\C1=C(C(C)=O)CCC(=O)C1O)c1nc2ccc(NC(=O)C(C)NC(=O)CNC(=O)CN)cc2c(N2CCCCC2)c1CC.[B]N. The van der Waals surface area contributed by atoms with E-state index in [1.807, 2.05) is 46.8 Å². The van der Waals surface area contributed by atoms with Gasteiger partial charge in [0.1, 0.15) is 12.1 Å². The van der Waals surface area contributed by atoms with E-state index in [2.05, 4.69) is 41.4 Å². The van der Waals surface area contributed by atoms with Gasteiger partial charge in [-0.3, -0.25) is 24.0 Å². The van der Waals surface area contributed by atoms with E-state index in [0.717, 1.165) is 60.3 Å². The summed E-state index contributed by atoms with van der Waals surface area (Å²) in [6, 6.07) is 4.64. The molecule has 2 aliphatic rings. The van der Waals surface area contributed by atoms with E-state index in [9.17, 15) is 29.1 Å². The summed E-state index contributed by atoms with van der Waals surface area (Å²) >= 11 is 0. The molecule has 290 valence electrons. The number of anilines is 2. The number of nitrogens with one attached hydrogen (secondary N) is 3. The summed E-state index contributed by atoms with van der Waals surface area (Å²) in [5, 5.41) is 19.6. The molecule has 13 nitrogen and oxygen atoms in total. The van der Waals surface area contributed by atoms with Gasteiger partial charge in [-0.1, -0.05) is 47.6 Å². The van der Waals surface area contributed by atoms with Crippen LogP contribution in [0.15, 0.2) is 35.4 Å². The van der Waals surface area contributed by atoms with E-state index in [-0.39, 0.29) is 31.1 Å². The molecular weight excluding hydrogens is 673 g/mol. The highest BCUT2D eigenvalue weighted by molar-refractivity contribution is 6.04. The van der Waals surface area contributed by atoms with Gasteiger partial charge >= 0.3 is 0 Å². The summed E-state index contributed by atoms with van der Waals surface area (Å²) in [7, 11) is 4.00. The van der Waals surface area contributed by atoms with Gasteiger partial charge in [-0.15, -0.1) is 0 Å². The summed E-state index contributed by atoms with van der Waals surface area (Å²) in [5.41, 5.74) is 15.0. The van der Waals surface area contributed by atoms with Crippen molar-refractivity contribution in [1.29, 1.82) is 0 Å². The molecular formula is C39H60BN7O6. The number of pyridine rings is 1. The molecule has 1 aliphatic carbocycles. The Kier molecular flexibility index (Phi) is 21.1. The minimum Gasteiger partial charge on any atom is -0.381 e. The van der Waals surface area contributed by atoms with E-state index in [1.165, 1.54) is 6.92 Å². The lowest BCUT2D eigenvalue weighted by Crippen LogP contribution is -2.46. The van der Waals surface area contributed by atoms with Gasteiger partial charge < -0.3 is 37.3 Å². The zero-order chi connectivity index (χ0) is 40.2. The van der Waals surface area contributed by atoms with E-state index >= 15 is 0 Å². The topological polar surface area (TPSA) is 210 Å². The summed E-state index contributed by atoms with van der Waals surface area (Å²) in [6.07, 6.45) is 5.33. The molecule has 1 saturated heterocycles. The maximum Gasteiger partial charge on any atom is 0.246 e. The van der Waals surface area contributed by atoms with Crippen LogP contribution < -0.4 is 32.2 Å². The second kappa shape index (κ2) is 24.0. The zero-order valence-corrected chi connectivity index (χ0v) is 32.9. The van der Waals surface area contributed by atoms with Crippen LogP contribution in [0.5, 0.6) is 0 Å². The number of nitrogens with zero attached hydrogens (tertiary/aromatic N) is 2. The molecule has 1 aliphatic heterocycles. The number of ketones is 2. The molecule has 1 aromatic heterocycles. The number of carbonyl (C=O) groups excluding carboxylic acids is 5. The molecule has 4 rings (SSSR count). The molecule has 8 N–H and O–H groups in total. The van der Waals surface area contributed by atoms with Gasteiger partial charge in [0.25, 0.3) is 0 Å². The lowest BCUT2D eigenvalue weighted by molar-refractivity contribution is -0.127. The molecule has 2 radical (unpaired) electrons. The molecule has 14 heteroatoms. The molecule has 3 amide bonds. The van der Waals surface area contributed by atoms with Crippen LogP contribution in [0.1, 0.15) is 105 Å². The summed E-state index contributed by atoms with van der Waals surface area (Å²) in [6.45, 7) is 16.3. The van der Waals surface area contributed by atoms with E-state index in [0.29, 0.717) is 41.6 Å². The van der Waals surface area contributed by atoms with E-state index < -0.39 is 29.9 Å². The number of fused-ring (bicyclic) bond motifs is 1. The standard InChI is InChI=1S/C35H46N6O6.2C2H6.BH2N/c1-5-22(16-26-25(21(4)42)11-13-29(43)34(26)46)32-24(6-2)33(41-14-8-7-9-15-41)27-17-23(10-12-28(27)40-32)39-35(47)20(3)38-31(45)19-37-30(44)18-36;3*1-2/h10,12,16-17,20,34,46H,5-9,11,13-15,18-19,36H2,1-4H3,(H,37,44)(H,38,45)(H,39,47);2*1-2H3;2H2/b22-16+;;;. The van der Waals surface area contributed by atoms with Crippen molar-refractivity contribution < 1.29 is 29.1 Å². The van der Waals surface area contributed by atoms with Crippen molar-refractivity contribution in [2.45, 2.75) is 112 Å². The Morgan fingerprint density at radius 2 is 1.68 bits per heavy atom. The molecule has 2 unspecified atom stereocenters. The van der Waals surface area contributed by atoms with E-state index in [4.69, 9.17) is 10.7 Å². The smallest absolute Gasteiger partial charge is 0.246 e. The second-order valence-electron chi connectivity index (χ2n) is 12.1. The Balaban J connectivity index is 0.00000222. The highest BCUT2D eigenvalue weighted by Crippen LogP contribution is 2.39. The van der Waals surface area contributed by atoms with Crippen molar-refractivity contribution in [3.8, 4) is 0 Å². The average molecular weight is 734 g/mol. The number of Topliss-reactive ketones (excluding diaryl/α,β-unsaturated/α-hetero) is 2. The quantitative estimate of drug-likeness (QED) is 0.174. The second-order valence-corrected chi connectivity index (χ2v) is 12.1. The molecule has 0 saturated carbocycles. The predicted octanol–water partition coefficient (Wildman–Crippen LogP) is 3.79. The molecule has 0 spiro atoms. The maximum absolute atomic E-state index is 13.0. The van der Waals surface area contributed by atoms with Crippen molar-refractivity contribution in [1.82, 2.24) is 15.6 Å². The van der Waals surface area contributed by atoms with Crippen LogP contribution in [0.4, 0.5) is 11.4 Å². The third-order valence-electron chi connectivity index (χ3n) is 8.76. The first-order chi connectivity index (χ1) is 25.5. The highest BCUT2D eigenvalue weighted by Gasteiger charge is 2.30. The van der Waals surface area contributed by atoms with Crippen molar-refractivity contribution in [2.75, 3.05) is 36.4 Å². The van der Waals surface area contributed by atoms with Crippen molar-refractivity contribution in [3.05, 3.63) is 46.7 Å². The summed E-state index contributed by atoms with van der Waals surface area (Å²) in [4.78, 5) is 69.1. The number of aliphatic hydroxyl groups excluding tert-OH is 1. The first kappa shape index (κ1) is 46.6. The largest absolute Gasteiger partial charge is 0.381 e. The van der Waals surface area contributed by atoms with Gasteiger partial charge in [0.2, 0.25) is 17.7 Å². The normalized spacial score (nSPS) is 16.1. The van der Waals surface area contributed by atoms with Gasteiger partial charge in [-0.2, -0.15) is 0 Å². The Morgan fingerprint density at radius 3 is 2.25 bits per heavy atom. The number of rotatable bonds is 12. The van der Waals surface area contributed by atoms with Crippen molar-refractivity contribution in [2.24, 2.45) is 11.4 Å². The molecule has 1 fully saturated rings. The van der Waals surface area contributed by atoms with Crippen LogP contribution in [0.25, 0.3) is 16.5 Å². The number of piperidine rings is 1. The van der Waals surface area contributed by atoms with Gasteiger partial charge in [-0.25, -0.2) is 4.98 Å². The number of hydrogen-bond donors (Lipinski definition) is 6. The molecule has 0 bridgehead atoms. The molecule has 53 heavy (non-hydrogen) atoms. The number of aliphatic hydroxyl groups is 1. The first-order valence-electron chi connectivity index (χ1n) is 18.8. The molecule has 2 aromatic rings. The number of hydrogen-bond acceptors (Lipinski definition) is 10. The van der Waals surface area contributed by atoms with E-state index in [1.54, 1.807) is 19.1 Å². The van der Waals surface area contributed by atoms with Gasteiger partial charge in [0.05, 0.1) is 30.0 Å².